The Morgan fingerprint density at radius 3 is 2.60 bits per heavy atom. The van der Waals surface area contributed by atoms with Crippen molar-refractivity contribution in [3.8, 4) is 5.88 Å². The van der Waals surface area contributed by atoms with Gasteiger partial charge in [-0.05, 0) is 41.8 Å². The summed E-state index contributed by atoms with van der Waals surface area (Å²) < 4.78 is 32.8. The second kappa shape index (κ2) is 8.25. The number of methoxy groups -OCH3 is 1. The number of rotatable bonds is 5. The maximum Gasteiger partial charge on any atom is 0.255 e. The fraction of sp³-hybridized carbons (Fsp3) is 0.182. The van der Waals surface area contributed by atoms with Crippen LogP contribution in [0.5, 0.6) is 5.88 Å². The first-order valence-corrected chi connectivity index (χ1v) is 10.9. The molecule has 2 aromatic carbocycles. The average molecular weight is 423 g/mol. The number of sulfonamides is 1. The van der Waals surface area contributed by atoms with Gasteiger partial charge in [-0.15, -0.1) is 0 Å². The fourth-order valence-corrected chi connectivity index (χ4v) is 4.87. The first kappa shape index (κ1) is 20.1. The van der Waals surface area contributed by atoms with Gasteiger partial charge >= 0.3 is 0 Å². The second-order valence-electron chi connectivity index (χ2n) is 6.93. The number of hydrogen-bond acceptors (Lipinski definition) is 5. The zero-order valence-electron chi connectivity index (χ0n) is 16.4. The van der Waals surface area contributed by atoms with Crippen LogP contribution in [0.2, 0.25) is 0 Å². The van der Waals surface area contributed by atoms with Crippen LogP contribution >= 0.6 is 0 Å². The van der Waals surface area contributed by atoms with E-state index in [1.54, 1.807) is 24.3 Å². The molecule has 0 spiro atoms. The summed E-state index contributed by atoms with van der Waals surface area (Å²) >= 11 is 0. The van der Waals surface area contributed by atoms with Gasteiger partial charge in [-0.3, -0.25) is 4.79 Å². The number of carbonyl (C=O) groups is 1. The van der Waals surface area contributed by atoms with Gasteiger partial charge < -0.3 is 10.1 Å². The van der Waals surface area contributed by atoms with Gasteiger partial charge in [-0.25, -0.2) is 13.4 Å². The molecule has 0 saturated heterocycles. The van der Waals surface area contributed by atoms with Gasteiger partial charge in [0.05, 0.1) is 23.9 Å². The van der Waals surface area contributed by atoms with Gasteiger partial charge in [0.1, 0.15) is 0 Å². The molecule has 30 heavy (non-hydrogen) atoms. The Morgan fingerprint density at radius 1 is 1.07 bits per heavy atom. The van der Waals surface area contributed by atoms with E-state index in [0.717, 1.165) is 5.56 Å². The molecule has 2 heterocycles. The Balaban J connectivity index is 1.54. The number of nitrogens with zero attached hydrogens (tertiary/aromatic N) is 2. The summed E-state index contributed by atoms with van der Waals surface area (Å²) in [7, 11) is -2.21. The van der Waals surface area contributed by atoms with E-state index in [1.165, 1.54) is 35.3 Å². The van der Waals surface area contributed by atoms with Crippen molar-refractivity contribution in [2.24, 2.45) is 0 Å². The third kappa shape index (κ3) is 4.05. The van der Waals surface area contributed by atoms with Crippen molar-refractivity contribution >= 4 is 21.6 Å². The number of hydrogen-bond donors (Lipinski definition) is 1. The highest BCUT2D eigenvalue weighted by Crippen LogP contribution is 2.25. The maximum atomic E-state index is 13.2. The van der Waals surface area contributed by atoms with E-state index in [-0.39, 0.29) is 10.5 Å². The smallest absolute Gasteiger partial charge is 0.255 e. The van der Waals surface area contributed by atoms with Crippen LogP contribution in [-0.4, -0.2) is 37.3 Å². The molecule has 0 fully saturated rings. The molecule has 3 aromatic rings. The fourth-order valence-electron chi connectivity index (χ4n) is 3.40. The SMILES string of the molecule is COc1ccc(NC(=O)c2cccc(S(=O)(=O)N3CCc4ccccc4C3)c2)cn1. The van der Waals surface area contributed by atoms with E-state index in [2.05, 4.69) is 10.3 Å². The summed E-state index contributed by atoms with van der Waals surface area (Å²) in [4.78, 5) is 16.7. The van der Waals surface area contributed by atoms with Crippen molar-refractivity contribution in [3.05, 3.63) is 83.6 Å². The number of carbonyl (C=O) groups excluding carboxylic acids is 1. The Labute approximate surface area is 175 Å². The molecule has 0 aliphatic carbocycles. The number of pyridine rings is 1. The van der Waals surface area contributed by atoms with E-state index in [9.17, 15) is 13.2 Å². The normalized spacial score (nSPS) is 14.0. The minimum Gasteiger partial charge on any atom is -0.481 e. The van der Waals surface area contributed by atoms with Crippen LogP contribution in [0, 0.1) is 0 Å². The highest BCUT2D eigenvalue weighted by atomic mass is 32.2. The van der Waals surface area contributed by atoms with Gasteiger partial charge in [-0.2, -0.15) is 4.31 Å². The number of aromatic nitrogens is 1. The van der Waals surface area contributed by atoms with Gasteiger partial charge in [0.25, 0.3) is 5.91 Å². The van der Waals surface area contributed by atoms with Crippen LogP contribution in [0.25, 0.3) is 0 Å². The lowest BCUT2D eigenvalue weighted by molar-refractivity contribution is 0.102. The minimum absolute atomic E-state index is 0.0994. The third-order valence-corrected chi connectivity index (χ3v) is 6.87. The number of fused-ring (bicyclic) bond motifs is 1. The van der Waals surface area contributed by atoms with Crippen molar-refractivity contribution in [2.75, 3.05) is 19.0 Å². The molecule has 0 saturated carbocycles. The molecule has 1 aliphatic rings. The van der Waals surface area contributed by atoms with E-state index in [4.69, 9.17) is 4.74 Å². The third-order valence-electron chi connectivity index (χ3n) is 5.03. The van der Waals surface area contributed by atoms with E-state index >= 15 is 0 Å². The monoisotopic (exact) mass is 423 g/mol. The van der Waals surface area contributed by atoms with Crippen molar-refractivity contribution in [2.45, 2.75) is 17.9 Å². The minimum atomic E-state index is -3.72. The zero-order valence-corrected chi connectivity index (χ0v) is 17.2. The summed E-state index contributed by atoms with van der Waals surface area (Å²) in [5, 5.41) is 2.72. The summed E-state index contributed by atoms with van der Waals surface area (Å²) in [6.07, 6.45) is 2.14. The first-order chi connectivity index (χ1) is 14.5. The highest BCUT2D eigenvalue weighted by Gasteiger charge is 2.28. The lowest BCUT2D eigenvalue weighted by Crippen LogP contribution is -2.36. The molecule has 1 aliphatic heterocycles. The lowest BCUT2D eigenvalue weighted by Gasteiger charge is -2.28. The molecule has 8 heteroatoms. The number of benzene rings is 2. The maximum absolute atomic E-state index is 13.2. The van der Waals surface area contributed by atoms with Crippen molar-refractivity contribution in [1.29, 1.82) is 0 Å². The summed E-state index contributed by atoms with van der Waals surface area (Å²) in [5.74, 6) is 0.0206. The van der Waals surface area contributed by atoms with E-state index < -0.39 is 15.9 Å². The molecule has 1 aromatic heterocycles. The molecule has 4 rings (SSSR count). The molecule has 7 nitrogen and oxygen atoms in total. The second-order valence-corrected chi connectivity index (χ2v) is 8.87. The quantitative estimate of drug-likeness (QED) is 0.681. The van der Waals surface area contributed by atoms with Gasteiger partial charge in [-0.1, -0.05) is 30.3 Å². The number of amides is 1. The first-order valence-electron chi connectivity index (χ1n) is 9.46. The zero-order chi connectivity index (χ0) is 21.1. The van der Waals surface area contributed by atoms with Gasteiger partial charge in [0.2, 0.25) is 15.9 Å². The molecular formula is C22H21N3O4S. The van der Waals surface area contributed by atoms with E-state index in [1.807, 2.05) is 24.3 Å². The Morgan fingerprint density at radius 2 is 1.87 bits per heavy atom. The van der Waals surface area contributed by atoms with Gasteiger partial charge in [0.15, 0.2) is 0 Å². The largest absolute Gasteiger partial charge is 0.481 e. The molecule has 154 valence electrons. The Kier molecular flexibility index (Phi) is 5.52. The molecule has 0 radical (unpaired) electrons. The highest BCUT2D eigenvalue weighted by molar-refractivity contribution is 7.89. The van der Waals surface area contributed by atoms with Crippen molar-refractivity contribution in [1.82, 2.24) is 9.29 Å². The molecule has 1 N–H and O–H groups in total. The molecule has 0 unspecified atom stereocenters. The molecular weight excluding hydrogens is 402 g/mol. The van der Waals surface area contributed by atoms with Crippen LogP contribution < -0.4 is 10.1 Å². The van der Waals surface area contributed by atoms with E-state index in [0.29, 0.717) is 31.1 Å². The molecule has 0 bridgehead atoms. The topological polar surface area (TPSA) is 88.6 Å². The summed E-state index contributed by atoms with van der Waals surface area (Å²) in [6.45, 7) is 0.736. The molecule has 1 amide bonds. The average Bonchev–Trinajstić information content (AvgIpc) is 2.79. The van der Waals surface area contributed by atoms with Crippen LogP contribution in [-0.2, 0) is 23.0 Å². The van der Waals surface area contributed by atoms with Crippen molar-refractivity contribution in [3.63, 3.8) is 0 Å². The van der Waals surface area contributed by atoms with Crippen LogP contribution in [0.4, 0.5) is 5.69 Å². The van der Waals surface area contributed by atoms with Crippen LogP contribution in [0.3, 0.4) is 0 Å². The van der Waals surface area contributed by atoms with Crippen molar-refractivity contribution < 1.29 is 17.9 Å². The number of anilines is 1. The Bertz CT molecular complexity index is 1180. The summed E-state index contributed by atoms with van der Waals surface area (Å²) in [5.41, 5.74) is 2.92. The predicted octanol–water partition coefficient (Wildman–Crippen LogP) is 3.09. The molecule has 0 atom stereocenters. The number of nitrogens with one attached hydrogen (secondary N) is 1. The number of ether oxygens (including phenoxy) is 1. The van der Waals surface area contributed by atoms with Gasteiger partial charge in [0, 0.05) is 24.7 Å². The van der Waals surface area contributed by atoms with Crippen LogP contribution in [0.1, 0.15) is 21.5 Å². The van der Waals surface area contributed by atoms with Crippen LogP contribution in [0.15, 0.2) is 71.8 Å². The lowest BCUT2D eigenvalue weighted by atomic mass is 10.0. The predicted molar refractivity (Wildman–Crippen MR) is 113 cm³/mol. The summed E-state index contributed by atoms with van der Waals surface area (Å²) in [6, 6.07) is 17.2. The Hall–Kier alpha value is -3.23. The standard InChI is InChI=1S/C22H21N3O4S/c1-29-21-10-9-19(14-23-21)24-22(26)17-7-4-8-20(13-17)30(27,28)25-12-11-16-5-2-3-6-18(16)15-25/h2-10,13-14H,11-12,15H2,1H3,(H,24,26).